The highest BCUT2D eigenvalue weighted by molar-refractivity contribution is 6.00. The van der Waals surface area contributed by atoms with Crippen LogP contribution in [0.2, 0.25) is 0 Å². The monoisotopic (exact) mass is 290 g/mol. The fraction of sp³-hybridized carbons (Fsp3) is 0.588. The highest BCUT2D eigenvalue weighted by atomic mass is 16.3. The third-order valence-corrected chi connectivity index (χ3v) is 4.11. The molecule has 0 saturated heterocycles. The molecule has 4 heteroatoms. The lowest BCUT2D eigenvalue weighted by molar-refractivity contribution is 0.0759. The van der Waals surface area contributed by atoms with Crippen molar-refractivity contribution >= 4 is 11.6 Å². The van der Waals surface area contributed by atoms with Gasteiger partial charge in [-0.2, -0.15) is 0 Å². The Hall–Kier alpha value is -1.55. The average molecular weight is 290 g/mol. The van der Waals surface area contributed by atoms with Gasteiger partial charge in [0.25, 0.3) is 5.91 Å². The van der Waals surface area contributed by atoms with Crippen molar-refractivity contribution in [2.24, 2.45) is 0 Å². The summed E-state index contributed by atoms with van der Waals surface area (Å²) in [5.74, 6) is -0.102. The highest BCUT2D eigenvalue weighted by Gasteiger charge is 2.33. The predicted molar refractivity (Wildman–Crippen MR) is 85.6 cm³/mol. The van der Waals surface area contributed by atoms with Crippen LogP contribution in [-0.4, -0.2) is 29.2 Å². The Bertz CT molecular complexity index is 479. The molecule has 1 saturated carbocycles. The van der Waals surface area contributed by atoms with Crippen LogP contribution in [0.25, 0.3) is 0 Å². The van der Waals surface area contributed by atoms with Gasteiger partial charge < -0.3 is 15.7 Å². The van der Waals surface area contributed by atoms with E-state index in [9.17, 15) is 9.90 Å². The van der Waals surface area contributed by atoms with E-state index in [0.717, 1.165) is 31.4 Å². The number of hydrogen-bond donors (Lipinski definition) is 3. The van der Waals surface area contributed by atoms with E-state index in [0.29, 0.717) is 5.56 Å². The minimum absolute atomic E-state index is 0.0124. The van der Waals surface area contributed by atoms with Crippen molar-refractivity contribution in [1.29, 1.82) is 0 Å². The molecule has 1 aromatic rings. The second kappa shape index (κ2) is 6.94. The van der Waals surface area contributed by atoms with Gasteiger partial charge in [0, 0.05) is 11.7 Å². The Kier molecular flexibility index (Phi) is 5.23. The van der Waals surface area contributed by atoms with E-state index in [1.807, 2.05) is 38.1 Å². The van der Waals surface area contributed by atoms with Crippen LogP contribution >= 0.6 is 0 Å². The summed E-state index contributed by atoms with van der Waals surface area (Å²) in [4.78, 5) is 12.6. The van der Waals surface area contributed by atoms with E-state index in [4.69, 9.17) is 0 Å². The molecule has 1 amide bonds. The molecule has 0 spiro atoms. The molecule has 1 aliphatic carbocycles. The molecular weight excluding hydrogens is 264 g/mol. The lowest BCUT2D eigenvalue weighted by Gasteiger charge is -2.36. The van der Waals surface area contributed by atoms with Crippen LogP contribution in [0.4, 0.5) is 5.69 Å². The lowest BCUT2D eigenvalue weighted by atomic mass is 9.82. The van der Waals surface area contributed by atoms with E-state index >= 15 is 0 Å². The summed E-state index contributed by atoms with van der Waals surface area (Å²) in [5.41, 5.74) is 1.04. The zero-order chi connectivity index (χ0) is 15.3. The standard InChI is InChI=1S/C17H26N2O2/c1-13(2)18-15-9-5-4-8-14(15)16(21)19-17(12-20)10-6-3-7-11-17/h4-5,8-9,13,18,20H,3,6-7,10-12H2,1-2H3,(H,19,21). The van der Waals surface area contributed by atoms with Gasteiger partial charge in [0.1, 0.15) is 0 Å². The second-order valence-corrected chi connectivity index (χ2v) is 6.30. The number of carbonyl (C=O) groups excluding carboxylic acids is 1. The highest BCUT2D eigenvalue weighted by Crippen LogP contribution is 2.28. The van der Waals surface area contributed by atoms with Crippen molar-refractivity contribution in [3.8, 4) is 0 Å². The molecule has 0 unspecified atom stereocenters. The molecule has 0 heterocycles. The molecule has 0 atom stereocenters. The van der Waals surface area contributed by atoms with E-state index in [1.54, 1.807) is 0 Å². The Balaban J connectivity index is 2.16. The molecular formula is C17H26N2O2. The molecule has 116 valence electrons. The Morgan fingerprint density at radius 2 is 1.90 bits per heavy atom. The van der Waals surface area contributed by atoms with Gasteiger partial charge >= 0.3 is 0 Å². The van der Waals surface area contributed by atoms with Crippen LogP contribution in [-0.2, 0) is 0 Å². The number of nitrogens with one attached hydrogen (secondary N) is 2. The number of aliphatic hydroxyl groups excluding tert-OH is 1. The number of rotatable bonds is 5. The zero-order valence-electron chi connectivity index (χ0n) is 13.0. The van der Waals surface area contributed by atoms with E-state index in [1.165, 1.54) is 6.42 Å². The number of hydrogen-bond acceptors (Lipinski definition) is 3. The lowest BCUT2D eigenvalue weighted by Crippen LogP contribution is -2.52. The SMILES string of the molecule is CC(C)Nc1ccccc1C(=O)NC1(CO)CCCCC1. The van der Waals surface area contributed by atoms with Crippen LogP contribution in [0, 0.1) is 0 Å². The fourth-order valence-corrected chi connectivity index (χ4v) is 2.98. The van der Waals surface area contributed by atoms with Gasteiger partial charge in [-0.25, -0.2) is 0 Å². The van der Waals surface area contributed by atoms with Crippen molar-refractivity contribution < 1.29 is 9.90 Å². The normalized spacial score (nSPS) is 17.5. The first-order valence-electron chi connectivity index (χ1n) is 7.85. The number of anilines is 1. The molecule has 1 aromatic carbocycles. The first kappa shape index (κ1) is 15.8. The first-order valence-corrected chi connectivity index (χ1v) is 7.85. The third kappa shape index (κ3) is 3.97. The smallest absolute Gasteiger partial charge is 0.253 e. The minimum atomic E-state index is -0.444. The minimum Gasteiger partial charge on any atom is -0.394 e. The van der Waals surface area contributed by atoms with Crippen LogP contribution in [0.3, 0.4) is 0 Å². The molecule has 0 radical (unpaired) electrons. The van der Waals surface area contributed by atoms with Gasteiger partial charge in [-0.1, -0.05) is 31.4 Å². The average Bonchev–Trinajstić information content (AvgIpc) is 2.48. The fourth-order valence-electron chi connectivity index (χ4n) is 2.98. The molecule has 3 N–H and O–H groups in total. The van der Waals surface area contributed by atoms with Gasteiger partial charge in [-0.05, 0) is 38.8 Å². The Morgan fingerprint density at radius 3 is 2.52 bits per heavy atom. The van der Waals surface area contributed by atoms with Gasteiger partial charge in [-0.15, -0.1) is 0 Å². The summed E-state index contributed by atoms with van der Waals surface area (Å²) in [7, 11) is 0. The van der Waals surface area contributed by atoms with Crippen LogP contribution in [0.15, 0.2) is 24.3 Å². The van der Waals surface area contributed by atoms with Crippen LogP contribution < -0.4 is 10.6 Å². The Morgan fingerprint density at radius 1 is 1.24 bits per heavy atom. The number of amides is 1. The molecule has 4 nitrogen and oxygen atoms in total. The topological polar surface area (TPSA) is 61.4 Å². The number of carbonyl (C=O) groups is 1. The maximum Gasteiger partial charge on any atom is 0.253 e. The summed E-state index contributed by atoms with van der Waals surface area (Å²) in [6.45, 7) is 4.11. The van der Waals surface area contributed by atoms with Gasteiger partial charge in [0.15, 0.2) is 0 Å². The van der Waals surface area contributed by atoms with Crippen molar-refractivity contribution in [1.82, 2.24) is 5.32 Å². The summed E-state index contributed by atoms with van der Waals surface area (Å²) in [6.07, 6.45) is 5.02. The largest absolute Gasteiger partial charge is 0.394 e. The van der Waals surface area contributed by atoms with Crippen molar-refractivity contribution in [2.75, 3.05) is 11.9 Å². The van der Waals surface area contributed by atoms with Gasteiger partial charge in [0.05, 0.1) is 17.7 Å². The second-order valence-electron chi connectivity index (χ2n) is 6.30. The molecule has 2 rings (SSSR count). The maximum atomic E-state index is 12.6. The molecule has 1 fully saturated rings. The van der Waals surface area contributed by atoms with Gasteiger partial charge in [0.2, 0.25) is 0 Å². The zero-order valence-corrected chi connectivity index (χ0v) is 13.0. The van der Waals surface area contributed by atoms with Gasteiger partial charge in [-0.3, -0.25) is 4.79 Å². The first-order chi connectivity index (χ1) is 10.1. The number of para-hydroxylation sites is 1. The maximum absolute atomic E-state index is 12.6. The summed E-state index contributed by atoms with van der Waals surface area (Å²) >= 11 is 0. The van der Waals surface area contributed by atoms with Crippen LogP contribution in [0.5, 0.6) is 0 Å². The number of benzene rings is 1. The summed E-state index contributed by atoms with van der Waals surface area (Å²) in [6, 6.07) is 7.80. The molecule has 1 aliphatic rings. The Labute approximate surface area is 126 Å². The predicted octanol–water partition coefficient (Wildman–Crippen LogP) is 2.93. The molecule has 0 aromatic heterocycles. The quantitative estimate of drug-likeness (QED) is 0.781. The van der Waals surface area contributed by atoms with Crippen LogP contribution in [0.1, 0.15) is 56.3 Å². The van der Waals surface area contributed by atoms with Crippen molar-refractivity contribution in [3.63, 3.8) is 0 Å². The summed E-state index contributed by atoms with van der Waals surface area (Å²) < 4.78 is 0. The molecule has 21 heavy (non-hydrogen) atoms. The summed E-state index contributed by atoms with van der Waals surface area (Å²) in [5, 5.41) is 16.1. The van der Waals surface area contributed by atoms with Crippen molar-refractivity contribution in [2.45, 2.75) is 57.5 Å². The molecule has 0 aliphatic heterocycles. The molecule has 0 bridgehead atoms. The van der Waals surface area contributed by atoms with E-state index in [-0.39, 0.29) is 18.6 Å². The van der Waals surface area contributed by atoms with Crippen molar-refractivity contribution in [3.05, 3.63) is 29.8 Å². The van der Waals surface area contributed by atoms with E-state index < -0.39 is 5.54 Å². The third-order valence-electron chi connectivity index (χ3n) is 4.11. The van der Waals surface area contributed by atoms with E-state index in [2.05, 4.69) is 10.6 Å². The number of aliphatic hydroxyl groups is 1.